The minimum Gasteiger partial charge on any atom is -0.348 e. The molecule has 1 aliphatic carbocycles. The van der Waals surface area contributed by atoms with Crippen LogP contribution in [0.2, 0.25) is 0 Å². The highest BCUT2D eigenvalue weighted by Gasteiger charge is 2.14. The van der Waals surface area contributed by atoms with E-state index in [-0.39, 0.29) is 24.9 Å². The zero-order chi connectivity index (χ0) is 15.4. The molecule has 21 heavy (non-hydrogen) atoms. The normalized spacial score (nSPS) is 13.1. The minimum atomic E-state index is -0.0954. The molecule has 114 valence electrons. The maximum atomic E-state index is 12.0. The first-order chi connectivity index (χ1) is 9.95. The number of nitrogens with zero attached hydrogens (tertiary/aromatic N) is 2. The molecule has 0 saturated heterocycles. The molecule has 0 aromatic heterocycles. The molecule has 1 aliphatic rings. The zero-order valence-electron chi connectivity index (χ0n) is 13.0. The van der Waals surface area contributed by atoms with Gasteiger partial charge in [0.25, 0.3) is 0 Å². The summed E-state index contributed by atoms with van der Waals surface area (Å²) in [7, 11) is 5.19. The molecule has 0 radical (unpaired) electrons. The molecule has 0 aliphatic heterocycles. The highest BCUT2D eigenvalue weighted by molar-refractivity contribution is 5.92. The van der Waals surface area contributed by atoms with E-state index in [2.05, 4.69) is 17.4 Å². The Balaban J connectivity index is 1.85. The van der Waals surface area contributed by atoms with Crippen LogP contribution in [0.1, 0.15) is 17.5 Å². The Kier molecular flexibility index (Phi) is 4.96. The van der Waals surface area contributed by atoms with Crippen LogP contribution >= 0.6 is 0 Å². The number of hydrogen-bond donors (Lipinski definition) is 1. The van der Waals surface area contributed by atoms with Crippen molar-refractivity contribution in [3.05, 3.63) is 29.3 Å². The monoisotopic (exact) mass is 289 g/mol. The number of nitrogens with one attached hydrogen (secondary N) is 1. The van der Waals surface area contributed by atoms with Crippen LogP contribution < -0.4 is 5.32 Å². The van der Waals surface area contributed by atoms with E-state index in [1.165, 1.54) is 22.4 Å². The van der Waals surface area contributed by atoms with Crippen molar-refractivity contribution in [3.63, 3.8) is 0 Å². The lowest BCUT2D eigenvalue weighted by Crippen LogP contribution is -2.38. The van der Waals surface area contributed by atoms with Crippen molar-refractivity contribution in [2.45, 2.75) is 19.3 Å². The SMILES string of the molecule is CN(CC(=O)Nc1ccc2c(c1)CCC2)CC(=O)N(C)C. The second-order valence-corrected chi connectivity index (χ2v) is 5.85. The number of likely N-dealkylation sites (N-methyl/N-ethyl adjacent to an activating group) is 2. The van der Waals surface area contributed by atoms with E-state index in [4.69, 9.17) is 0 Å². The molecule has 0 spiro atoms. The molecule has 1 aromatic rings. The highest BCUT2D eigenvalue weighted by atomic mass is 16.2. The Morgan fingerprint density at radius 3 is 2.52 bits per heavy atom. The number of hydrogen-bond acceptors (Lipinski definition) is 3. The summed E-state index contributed by atoms with van der Waals surface area (Å²) in [6, 6.07) is 6.11. The highest BCUT2D eigenvalue weighted by Crippen LogP contribution is 2.24. The first kappa shape index (κ1) is 15.5. The standard InChI is InChI=1S/C16H23N3O2/c1-18(2)16(21)11-19(3)10-15(20)17-14-8-7-12-5-4-6-13(12)9-14/h7-9H,4-6,10-11H2,1-3H3,(H,17,20). The lowest BCUT2D eigenvalue weighted by Gasteiger charge is -2.18. The van der Waals surface area contributed by atoms with Gasteiger partial charge in [0, 0.05) is 19.8 Å². The Labute approximate surface area is 125 Å². The van der Waals surface area contributed by atoms with Crippen LogP contribution in [-0.2, 0) is 22.4 Å². The molecule has 0 saturated carbocycles. The Morgan fingerprint density at radius 1 is 1.10 bits per heavy atom. The van der Waals surface area contributed by atoms with E-state index >= 15 is 0 Å². The van der Waals surface area contributed by atoms with Gasteiger partial charge in [-0.1, -0.05) is 6.07 Å². The number of amides is 2. The summed E-state index contributed by atoms with van der Waals surface area (Å²) >= 11 is 0. The van der Waals surface area contributed by atoms with Crippen LogP contribution in [0, 0.1) is 0 Å². The van der Waals surface area contributed by atoms with Crippen LogP contribution in [0.25, 0.3) is 0 Å². The second-order valence-electron chi connectivity index (χ2n) is 5.85. The van der Waals surface area contributed by atoms with Crippen molar-refractivity contribution >= 4 is 17.5 Å². The third-order valence-electron chi connectivity index (χ3n) is 3.70. The fourth-order valence-corrected chi connectivity index (χ4v) is 2.52. The lowest BCUT2D eigenvalue weighted by molar-refractivity contribution is -0.130. The Bertz CT molecular complexity index is 540. The number of aryl methyl sites for hydroxylation is 2. The molecule has 5 nitrogen and oxygen atoms in total. The van der Waals surface area contributed by atoms with Crippen LogP contribution in [0.5, 0.6) is 0 Å². The van der Waals surface area contributed by atoms with Gasteiger partial charge in [0.15, 0.2) is 0 Å². The summed E-state index contributed by atoms with van der Waals surface area (Å²) < 4.78 is 0. The number of rotatable bonds is 5. The summed E-state index contributed by atoms with van der Waals surface area (Å²) in [6.07, 6.45) is 3.43. The van der Waals surface area contributed by atoms with E-state index in [9.17, 15) is 9.59 Å². The van der Waals surface area contributed by atoms with Crippen LogP contribution in [0.3, 0.4) is 0 Å². The van der Waals surface area contributed by atoms with Gasteiger partial charge in [0.2, 0.25) is 11.8 Å². The smallest absolute Gasteiger partial charge is 0.238 e. The van der Waals surface area contributed by atoms with Gasteiger partial charge < -0.3 is 10.2 Å². The minimum absolute atomic E-state index is 0.0113. The van der Waals surface area contributed by atoms with Gasteiger partial charge in [0.1, 0.15) is 0 Å². The topological polar surface area (TPSA) is 52.7 Å². The number of fused-ring (bicyclic) bond motifs is 1. The van der Waals surface area contributed by atoms with Crippen LogP contribution in [-0.4, -0.2) is 55.8 Å². The van der Waals surface area contributed by atoms with Crippen molar-refractivity contribution in [1.82, 2.24) is 9.80 Å². The molecule has 0 atom stereocenters. The molecule has 2 rings (SSSR count). The number of benzene rings is 1. The number of carbonyl (C=O) groups is 2. The third-order valence-corrected chi connectivity index (χ3v) is 3.70. The van der Waals surface area contributed by atoms with Crippen molar-refractivity contribution in [1.29, 1.82) is 0 Å². The Hall–Kier alpha value is -1.88. The molecule has 0 unspecified atom stereocenters. The van der Waals surface area contributed by atoms with Gasteiger partial charge in [0.05, 0.1) is 13.1 Å². The fraction of sp³-hybridized carbons (Fsp3) is 0.500. The quantitative estimate of drug-likeness (QED) is 0.884. The van der Waals surface area contributed by atoms with Gasteiger partial charge in [-0.25, -0.2) is 0 Å². The molecular formula is C16H23N3O2. The van der Waals surface area contributed by atoms with Gasteiger partial charge in [-0.15, -0.1) is 0 Å². The molecular weight excluding hydrogens is 266 g/mol. The van der Waals surface area contributed by atoms with Gasteiger partial charge in [-0.2, -0.15) is 0 Å². The molecule has 0 bridgehead atoms. The maximum Gasteiger partial charge on any atom is 0.238 e. The molecule has 5 heteroatoms. The summed E-state index contributed by atoms with van der Waals surface area (Å²) in [6.45, 7) is 0.446. The summed E-state index contributed by atoms with van der Waals surface area (Å²) in [5.74, 6) is -0.107. The van der Waals surface area contributed by atoms with E-state index in [0.29, 0.717) is 0 Å². The number of anilines is 1. The maximum absolute atomic E-state index is 12.0. The molecule has 2 amide bonds. The first-order valence-corrected chi connectivity index (χ1v) is 7.26. The van der Waals surface area contributed by atoms with Crippen LogP contribution in [0.4, 0.5) is 5.69 Å². The molecule has 1 aromatic carbocycles. The second kappa shape index (κ2) is 6.72. The molecule has 0 heterocycles. The Morgan fingerprint density at radius 2 is 1.81 bits per heavy atom. The zero-order valence-corrected chi connectivity index (χ0v) is 13.0. The van der Waals surface area contributed by atoms with Gasteiger partial charge in [-0.05, 0) is 49.6 Å². The van der Waals surface area contributed by atoms with Crippen molar-refractivity contribution in [2.24, 2.45) is 0 Å². The van der Waals surface area contributed by atoms with E-state index in [0.717, 1.165) is 18.5 Å². The summed E-state index contributed by atoms with van der Waals surface area (Å²) in [4.78, 5) is 26.8. The lowest BCUT2D eigenvalue weighted by atomic mass is 10.1. The van der Waals surface area contributed by atoms with Gasteiger partial charge in [-0.3, -0.25) is 14.5 Å². The molecule has 0 fully saturated rings. The van der Waals surface area contributed by atoms with Crippen molar-refractivity contribution in [3.8, 4) is 0 Å². The fourth-order valence-electron chi connectivity index (χ4n) is 2.52. The average molecular weight is 289 g/mol. The first-order valence-electron chi connectivity index (χ1n) is 7.26. The summed E-state index contributed by atoms with van der Waals surface area (Å²) in [5.41, 5.74) is 3.57. The third kappa shape index (κ3) is 4.29. The van der Waals surface area contributed by atoms with E-state index in [1.807, 2.05) is 6.07 Å². The predicted octanol–water partition coefficient (Wildman–Crippen LogP) is 1.13. The van der Waals surface area contributed by atoms with Crippen molar-refractivity contribution < 1.29 is 9.59 Å². The molecule has 1 N–H and O–H groups in total. The van der Waals surface area contributed by atoms with Crippen LogP contribution in [0.15, 0.2) is 18.2 Å². The average Bonchev–Trinajstić information content (AvgIpc) is 2.85. The van der Waals surface area contributed by atoms with Gasteiger partial charge >= 0.3 is 0 Å². The van der Waals surface area contributed by atoms with E-state index < -0.39 is 0 Å². The predicted molar refractivity (Wildman–Crippen MR) is 83.3 cm³/mol. The largest absolute Gasteiger partial charge is 0.348 e. The van der Waals surface area contributed by atoms with Crippen molar-refractivity contribution in [2.75, 3.05) is 39.5 Å². The van der Waals surface area contributed by atoms with E-state index in [1.54, 1.807) is 26.0 Å². The summed E-state index contributed by atoms with van der Waals surface area (Å²) in [5, 5.41) is 2.90. The number of carbonyl (C=O) groups excluding carboxylic acids is 2.